The molecule has 1 amide bonds. The number of rotatable bonds is 6. The summed E-state index contributed by atoms with van der Waals surface area (Å²) in [5.74, 6) is 1.03. The van der Waals surface area contributed by atoms with Crippen LogP contribution in [0.1, 0.15) is 44.7 Å². The van der Waals surface area contributed by atoms with Gasteiger partial charge in [-0.1, -0.05) is 56.8 Å². The van der Waals surface area contributed by atoms with Crippen molar-refractivity contribution in [3.63, 3.8) is 0 Å². The van der Waals surface area contributed by atoms with Gasteiger partial charge in [-0.2, -0.15) is 0 Å². The van der Waals surface area contributed by atoms with Crippen LogP contribution in [0.5, 0.6) is 0 Å². The first-order chi connectivity index (χ1) is 15.7. The normalized spacial score (nSPS) is 14.0. The number of carbonyl (C=O) groups excluding carboxylic acids is 1. The Morgan fingerprint density at radius 3 is 2.39 bits per heavy atom. The first kappa shape index (κ1) is 23.4. The van der Waals surface area contributed by atoms with E-state index in [9.17, 15) is 4.79 Å². The van der Waals surface area contributed by atoms with Crippen LogP contribution < -0.4 is 10.2 Å². The fraction of sp³-hybridized carbons (Fsp3) is 0.423. The number of anilines is 2. The molecule has 0 radical (unpaired) electrons. The number of nitrogens with one attached hydrogen (secondary N) is 1. The molecule has 1 aliphatic heterocycles. The molecule has 1 aromatic heterocycles. The van der Waals surface area contributed by atoms with E-state index in [0.29, 0.717) is 0 Å². The minimum absolute atomic E-state index is 0.0453. The minimum Gasteiger partial charge on any atom is -0.372 e. The zero-order valence-electron chi connectivity index (χ0n) is 20.2. The fourth-order valence-corrected chi connectivity index (χ4v) is 4.80. The predicted octanol–water partition coefficient (Wildman–Crippen LogP) is 5.42. The molecule has 1 N–H and O–H groups in total. The van der Waals surface area contributed by atoms with Gasteiger partial charge >= 0.3 is 0 Å². The second-order valence-corrected chi connectivity index (χ2v) is 10.7. The lowest BCUT2D eigenvalue weighted by atomic mass is 9.87. The van der Waals surface area contributed by atoms with Crippen LogP contribution in [0.15, 0.2) is 47.6 Å². The fourth-order valence-electron chi connectivity index (χ4n) is 4.09. The Labute approximate surface area is 200 Å². The first-order valence-electron chi connectivity index (χ1n) is 11.5. The molecule has 6 nitrogen and oxygen atoms in total. The number of aromatic nitrogens is 3. The molecule has 0 atom stereocenters. The van der Waals surface area contributed by atoms with Gasteiger partial charge in [0.25, 0.3) is 0 Å². The predicted molar refractivity (Wildman–Crippen MR) is 137 cm³/mol. The molecule has 1 saturated heterocycles. The van der Waals surface area contributed by atoms with Crippen LogP contribution in [0.3, 0.4) is 0 Å². The van der Waals surface area contributed by atoms with Crippen LogP contribution in [0.4, 0.5) is 11.4 Å². The lowest BCUT2D eigenvalue weighted by Gasteiger charge is -2.19. The number of carbonyl (C=O) groups is 1. The summed E-state index contributed by atoms with van der Waals surface area (Å²) in [6.07, 6.45) is 2.50. The SMILES string of the molecule is Cc1cc(N2CCCC2)ccc1NC(=O)CSc1nnc(-c2ccc(C(C)(C)C)cc2)n1C. The third-order valence-electron chi connectivity index (χ3n) is 6.13. The highest BCUT2D eigenvalue weighted by molar-refractivity contribution is 7.99. The minimum atomic E-state index is -0.0453. The van der Waals surface area contributed by atoms with Gasteiger partial charge in [0.1, 0.15) is 0 Å². The summed E-state index contributed by atoms with van der Waals surface area (Å²) in [7, 11) is 1.94. The highest BCUT2D eigenvalue weighted by Gasteiger charge is 2.17. The van der Waals surface area contributed by atoms with Gasteiger partial charge in [0, 0.05) is 37.1 Å². The van der Waals surface area contributed by atoms with Crippen molar-refractivity contribution in [1.29, 1.82) is 0 Å². The molecule has 2 heterocycles. The molecule has 0 spiro atoms. The molecule has 0 unspecified atom stereocenters. The van der Waals surface area contributed by atoms with Crippen molar-refractivity contribution in [2.75, 3.05) is 29.1 Å². The van der Waals surface area contributed by atoms with E-state index in [1.54, 1.807) is 0 Å². The van der Waals surface area contributed by atoms with Gasteiger partial charge in [-0.05, 0) is 54.5 Å². The summed E-state index contributed by atoms with van der Waals surface area (Å²) in [5, 5.41) is 12.4. The molecule has 1 aliphatic rings. The lowest BCUT2D eigenvalue weighted by molar-refractivity contribution is -0.113. The van der Waals surface area contributed by atoms with E-state index < -0.39 is 0 Å². The maximum absolute atomic E-state index is 12.6. The van der Waals surface area contributed by atoms with Gasteiger partial charge in [0.15, 0.2) is 11.0 Å². The van der Waals surface area contributed by atoms with E-state index in [1.807, 2.05) is 24.6 Å². The molecule has 174 valence electrons. The summed E-state index contributed by atoms with van der Waals surface area (Å²) in [4.78, 5) is 15.0. The average molecular weight is 464 g/mol. The van der Waals surface area contributed by atoms with E-state index in [1.165, 1.54) is 35.9 Å². The highest BCUT2D eigenvalue weighted by atomic mass is 32.2. The van der Waals surface area contributed by atoms with E-state index in [4.69, 9.17) is 0 Å². The zero-order valence-corrected chi connectivity index (χ0v) is 21.0. The summed E-state index contributed by atoms with van der Waals surface area (Å²) >= 11 is 1.40. The molecule has 1 fully saturated rings. The summed E-state index contributed by atoms with van der Waals surface area (Å²) < 4.78 is 1.94. The van der Waals surface area contributed by atoms with Gasteiger partial charge in [0.05, 0.1) is 5.75 Å². The van der Waals surface area contributed by atoms with Gasteiger partial charge in [0.2, 0.25) is 5.91 Å². The summed E-state index contributed by atoms with van der Waals surface area (Å²) in [6.45, 7) is 10.9. The number of thioether (sulfide) groups is 1. The molecule has 7 heteroatoms. The van der Waals surface area contributed by atoms with Crippen molar-refractivity contribution >= 4 is 29.0 Å². The van der Waals surface area contributed by atoms with Crippen molar-refractivity contribution in [1.82, 2.24) is 14.8 Å². The monoisotopic (exact) mass is 463 g/mol. The Kier molecular flexibility index (Phi) is 6.79. The van der Waals surface area contributed by atoms with E-state index in [-0.39, 0.29) is 17.1 Å². The number of aryl methyl sites for hydroxylation is 1. The third-order valence-corrected chi connectivity index (χ3v) is 7.15. The quantitative estimate of drug-likeness (QED) is 0.495. The molecule has 3 aromatic rings. The Morgan fingerprint density at radius 2 is 1.76 bits per heavy atom. The number of benzene rings is 2. The average Bonchev–Trinajstić information content (AvgIpc) is 3.43. The molecular weight excluding hydrogens is 430 g/mol. The van der Waals surface area contributed by atoms with Crippen LogP contribution >= 0.6 is 11.8 Å². The van der Waals surface area contributed by atoms with Crippen molar-refractivity contribution in [2.45, 2.75) is 51.1 Å². The van der Waals surface area contributed by atoms with E-state index in [2.05, 4.69) is 77.6 Å². The maximum Gasteiger partial charge on any atom is 0.234 e. The van der Waals surface area contributed by atoms with Crippen LogP contribution in [-0.2, 0) is 17.3 Å². The Bertz CT molecular complexity index is 1120. The Balaban J connectivity index is 1.37. The number of hydrogen-bond acceptors (Lipinski definition) is 5. The van der Waals surface area contributed by atoms with E-state index in [0.717, 1.165) is 40.9 Å². The number of hydrogen-bond donors (Lipinski definition) is 1. The van der Waals surface area contributed by atoms with E-state index >= 15 is 0 Å². The molecular formula is C26H33N5OS. The van der Waals surface area contributed by atoms with Gasteiger partial charge < -0.3 is 14.8 Å². The van der Waals surface area contributed by atoms with Gasteiger partial charge in [-0.25, -0.2) is 0 Å². The smallest absolute Gasteiger partial charge is 0.234 e. The van der Waals surface area contributed by atoms with Crippen LogP contribution in [0.2, 0.25) is 0 Å². The second kappa shape index (κ2) is 9.59. The highest BCUT2D eigenvalue weighted by Crippen LogP contribution is 2.28. The lowest BCUT2D eigenvalue weighted by Crippen LogP contribution is -2.18. The zero-order chi connectivity index (χ0) is 23.6. The molecule has 33 heavy (non-hydrogen) atoms. The summed E-state index contributed by atoms with van der Waals surface area (Å²) in [6, 6.07) is 14.7. The molecule has 0 saturated carbocycles. The van der Waals surface area contributed by atoms with Gasteiger partial charge in [-0.3, -0.25) is 4.79 Å². The summed E-state index contributed by atoms with van der Waals surface area (Å²) in [5.41, 5.74) is 5.59. The molecule has 0 bridgehead atoms. The maximum atomic E-state index is 12.6. The van der Waals surface area contributed by atoms with Crippen LogP contribution in [0, 0.1) is 6.92 Å². The largest absolute Gasteiger partial charge is 0.372 e. The van der Waals surface area contributed by atoms with Crippen LogP contribution in [0.25, 0.3) is 11.4 Å². The third kappa shape index (κ3) is 5.41. The number of nitrogens with zero attached hydrogens (tertiary/aromatic N) is 4. The van der Waals surface area contributed by atoms with Gasteiger partial charge in [-0.15, -0.1) is 10.2 Å². The first-order valence-corrected chi connectivity index (χ1v) is 12.5. The van der Waals surface area contributed by atoms with Crippen LogP contribution in [-0.4, -0.2) is 39.5 Å². The second-order valence-electron chi connectivity index (χ2n) is 9.72. The van der Waals surface area contributed by atoms with Crippen molar-refractivity contribution in [2.24, 2.45) is 7.05 Å². The van der Waals surface area contributed by atoms with Crippen molar-refractivity contribution in [3.05, 3.63) is 53.6 Å². The molecule has 0 aliphatic carbocycles. The number of amides is 1. The Morgan fingerprint density at radius 1 is 1.06 bits per heavy atom. The Hall–Kier alpha value is -2.80. The van der Waals surface area contributed by atoms with Crippen molar-refractivity contribution < 1.29 is 4.79 Å². The molecule has 2 aromatic carbocycles. The topological polar surface area (TPSA) is 63.1 Å². The molecule has 4 rings (SSSR count). The standard InChI is InChI=1S/C26H33N5OS/c1-18-16-21(31-14-6-7-15-31)12-13-22(18)27-23(32)17-33-25-29-28-24(30(25)5)19-8-10-20(11-9-19)26(2,3)4/h8-13,16H,6-7,14-15,17H2,1-5H3,(H,27,32). The van der Waals surface area contributed by atoms with Crippen molar-refractivity contribution in [3.8, 4) is 11.4 Å².